The maximum Gasteiger partial charge on any atom is 0.233 e. The van der Waals surface area contributed by atoms with Crippen molar-refractivity contribution in [3.05, 3.63) is 42.5 Å². The number of aliphatic imine (C=N–C) groups is 1. The number of benzene rings is 1. The number of hydrogen-bond donors (Lipinski definition) is 2. The number of imide groups is 1. The highest BCUT2D eigenvalue weighted by atomic mass is 127. The standard InChI is InChI=1S/C24H32N4O3.HI/c1-25-24(26-12-5-6-15-31-19-8-3-2-4-9-19)27-13-7-14-28-22(29)20-17-10-11-18(16-17)21(20)23(28)30;/h2-4,8-11,17-18,20-21H,5-7,12-16H2,1H3,(H2,25,26,27);1H. The van der Waals surface area contributed by atoms with E-state index < -0.39 is 0 Å². The molecule has 4 unspecified atom stereocenters. The van der Waals surface area contributed by atoms with Crippen LogP contribution in [0.5, 0.6) is 5.75 Å². The first-order chi connectivity index (χ1) is 15.2. The molecular weight excluding hydrogens is 519 g/mol. The van der Waals surface area contributed by atoms with Gasteiger partial charge in [-0.3, -0.25) is 19.5 Å². The zero-order valence-electron chi connectivity index (χ0n) is 18.5. The van der Waals surface area contributed by atoms with Gasteiger partial charge in [-0.2, -0.15) is 0 Å². The number of halogens is 1. The average molecular weight is 552 g/mol. The Morgan fingerprint density at radius 3 is 2.25 bits per heavy atom. The number of amides is 2. The molecule has 0 spiro atoms. The summed E-state index contributed by atoms with van der Waals surface area (Å²) >= 11 is 0. The maximum atomic E-state index is 12.7. The van der Waals surface area contributed by atoms with Gasteiger partial charge in [-0.15, -0.1) is 24.0 Å². The third-order valence-electron chi connectivity index (χ3n) is 6.51. The Morgan fingerprint density at radius 2 is 1.62 bits per heavy atom. The van der Waals surface area contributed by atoms with Gasteiger partial charge in [0.15, 0.2) is 5.96 Å². The molecule has 4 atom stereocenters. The highest BCUT2D eigenvalue weighted by Crippen LogP contribution is 2.52. The zero-order valence-corrected chi connectivity index (χ0v) is 20.9. The number of fused-ring (bicyclic) bond motifs is 5. The SMILES string of the molecule is CN=C(NCCCCOc1ccccc1)NCCCN1C(=O)C2C3C=CC(C3)C2C1=O.I. The second kappa shape index (κ2) is 11.7. The van der Waals surface area contributed by atoms with Gasteiger partial charge in [-0.05, 0) is 49.7 Å². The minimum Gasteiger partial charge on any atom is -0.494 e. The summed E-state index contributed by atoms with van der Waals surface area (Å²) in [5.41, 5.74) is 0. The van der Waals surface area contributed by atoms with Crippen LogP contribution in [-0.4, -0.2) is 56.0 Å². The van der Waals surface area contributed by atoms with E-state index in [1.165, 1.54) is 4.90 Å². The van der Waals surface area contributed by atoms with Crippen molar-refractivity contribution in [2.24, 2.45) is 28.7 Å². The van der Waals surface area contributed by atoms with Crippen LogP contribution in [-0.2, 0) is 9.59 Å². The molecule has 0 radical (unpaired) electrons. The van der Waals surface area contributed by atoms with Gasteiger partial charge < -0.3 is 15.4 Å². The van der Waals surface area contributed by atoms with E-state index in [0.717, 1.165) is 37.5 Å². The molecule has 2 N–H and O–H groups in total. The molecule has 1 aliphatic heterocycles. The molecule has 2 amide bonds. The first-order valence-electron chi connectivity index (χ1n) is 11.3. The van der Waals surface area contributed by atoms with Gasteiger partial charge >= 0.3 is 0 Å². The lowest BCUT2D eigenvalue weighted by Gasteiger charge is -2.18. The van der Waals surface area contributed by atoms with Crippen LogP contribution in [0.3, 0.4) is 0 Å². The summed E-state index contributed by atoms with van der Waals surface area (Å²) in [6.45, 7) is 2.63. The van der Waals surface area contributed by atoms with Crippen LogP contribution in [0.1, 0.15) is 25.7 Å². The molecule has 1 saturated heterocycles. The summed E-state index contributed by atoms with van der Waals surface area (Å²) in [5, 5.41) is 6.56. The first kappa shape index (κ1) is 24.5. The van der Waals surface area contributed by atoms with Crippen LogP contribution in [0.2, 0.25) is 0 Å². The second-order valence-corrected chi connectivity index (χ2v) is 8.48. The number of ether oxygens (including phenoxy) is 1. The largest absolute Gasteiger partial charge is 0.494 e. The predicted molar refractivity (Wildman–Crippen MR) is 135 cm³/mol. The van der Waals surface area contributed by atoms with Crippen molar-refractivity contribution in [3.8, 4) is 5.75 Å². The van der Waals surface area contributed by atoms with E-state index in [2.05, 4.69) is 27.8 Å². The normalized spacial score (nSPS) is 25.7. The van der Waals surface area contributed by atoms with Gasteiger partial charge in [0.25, 0.3) is 0 Å². The summed E-state index contributed by atoms with van der Waals surface area (Å²) in [4.78, 5) is 31.1. The summed E-state index contributed by atoms with van der Waals surface area (Å²) in [5.74, 6) is 2.05. The third kappa shape index (κ3) is 5.44. The molecule has 1 heterocycles. The second-order valence-electron chi connectivity index (χ2n) is 8.48. The van der Waals surface area contributed by atoms with E-state index in [1.54, 1.807) is 7.05 Å². The van der Waals surface area contributed by atoms with Gasteiger partial charge in [-0.1, -0.05) is 30.4 Å². The fourth-order valence-electron chi connectivity index (χ4n) is 4.99. The summed E-state index contributed by atoms with van der Waals surface area (Å²) in [6, 6.07) is 9.83. The monoisotopic (exact) mass is 552 g/mol. The Morgan fingerprint density at radius 1 is 1.00 bits per heavy atom. The van der Waals surface area contributed by atoms with Crippen LogP contribution >= 0.6 is 24.0 Å². The van der Waals surface area contributed by atoms with Crippen molar-refractivity contribution in [1.29, 1.82) is 0 Å². The number of likely N-dealkylation sites (tertiary alicyclic amines) is 1. The lowest BCUT2D eigenvalue weighted by Crippen LogP contribution is -2.40. The van der Waals surface area contributed by atoms with Crippen LogP contribution in [0.25, 0.3) is 0 Å². The number of nitrogens with one attached hydrogen (secondary N) is 2. The topological polar surface area (TPSA) is 83.0 Å². The molecule has 3 aliphatic rings. The summed E-state index contributed by atoms with van der Waals surface area (Å²) < 4.78 is 5.69. The van der Waals surface area contributed by atoms with Gasteiger partial charge in [0, 0.05) is 26.7 Å². The minimum absolute atomic E-state index is 0. The molecule has 7 nitrogen and oxygen atoms in total. The van der Waals surface area contributed by atoms with Gasteiger partial charge in [-0.25, -0.2) is 0 Å². The van der Waals surface area contributed by atoms with Crippen LogP contribution < -0.4 is 15.4 Å². The van der Waals surface area contributed by atoms with Crippen molar-refractivity contribution in [2.75, 3.05) is 33.3 Å². The number of unbranched alkanes of at least 4 members (excludes halogenated alkanes) is 1. The molecular formula is C24H33IN4O3. The molecule has 174 valence electrons. The van der Waals surface area contributed by atoms with Crippen molar-refractivity contribution in [1.82, 2.24) is 15.5 Å². The molecule has 0 aromatic heterocycles. The zero-order chi connectivity index (χ0) is 21.6. The quantitative estimate of drug-likeness (QED) is 0.117. The summed E-state index contributed by atoms with van der Waals surface area (Å²) in [7, 11) is 1.74. The number of para-hydroxylation sites is 1. The van der Waals surface area contributed by atoms with E-state index in [0.29, 0.717) is 26.1 Å². The lowest BCUT2D eigenvalue weighted by atomic mass is 9.85. The number of nitrogens with zero attached hydrogens (tertiary/aromatic N) is 2. The van der Waals surface area contributed by atoms with Crippen molar-refractivity contribution in [3.63, 3.8) is 0 Å². The first-order valence-corrected chi connectivity index (χ1v) is 11.3. The van der Waals surface area contributed by atoms with Crippen LogP contribution in [0, 0.1) is 23.7 Å². The van der Waals surface area contributed by atoms with E-state index in [4.69, 9.17) is 4.74 Å². The molecule has 1 saturated carbocycles. The van der Waals surface area contributed by atoms with Gasteiger partial charge in [0.1, 0.15) is 5.75 Å². The summed E-state index contributed by atoms with van der Waals surface area (Å²) in [6.07, 6.45) is 7.88. The molecule has 4 rings (SSSR count). The van der Waals surface area contributed by atoms with Crippen molar-refractivity contribution >= 4 is 41.8 Å². The Balaban J connectivity index is 0.00000289. The van der Waals surface area contributed by atoms with E-state index in [1.807, 2.05) is 30.3 Å². The molecule has 2 aliphatic carbocycles. The Labute approximate surface area is 207 Å². The smallest absolute Gasteiger partial charge is 0.233 e. The van der Waals surface area contributed by atoms with Crippen molar-refractivity contribution in [2.45, 2.75) is 25.7 Å². The van der Waals surface area contributed by atoms with Crippen molar-refractivity contribution < 1.29 is 14.3 Å². The van der Waals surface area contributed by atoms with Crippen LogP contribution in [0.15, 0.2) is 47.5 Å². The molecule has 32 heavy (non-hydrogen) atoms. The van der Waals surface area contributed by atoms with Gasteiger partial charge in [0.05, 0.1) is 18.4 Å². The fraction of sp³-hybridized carbons (Fsp3) is 0.542. The van der Waals surface area contributed by atoms with Gasteiger partial charge in [0.2, 0.25) is 11.8 Å². The number of guanidine groups is 1. The molecule has 2 bridgehead atoms. The molecule has 8 heteroatoms. The highest BCUT2D eigenvalue weighted by Gasteiger charge is 2.58. The molecule has 1 aromatic rings. The number of rotatable bonds is 10. The Kier molecular flexibility index (Phi) is 8.95. The molecule has 2 fully saturated rings. The Hall–Kier alpha value is -2.10. The maximum absolute atomic E-state index is 12.7. The number of carbonyl (C=O) groups excluding carboxylic acids is 2. The minimum atomic E-state index is -0.101. The number of hydrogen-bond acceptors (Lipinski definition) is 4. The predicted octanol–water partition coefficient (Wildman–Crippen LogP) is 2.83. The number of carbonyl (C=O) groups is 2. The third-order valence-corrected chi connectivity index (χ3v) is 6.51. The molecule has 1 aromatic carbocycles. The number of allylic oxidation sites excluding steroid dienone is 2. The van der Waals surface area contributed by atoms with Crippen LogP contribution in [0.4, 0.5) is 0 Å². The Bertz CT molecular complexity index is 815. The average Bonchev–Trinajstić information content (AvgIpc) is 3.47. The van der Waals surface area contributed by atoms with E-state index in [9.17, 15) is 9.59 Å². The lowest BCUT2D eigenvalue weighted by molar-refractivity contribution is -0.140. The van der Waals surface area contributed by atoms with E-state index in [-0.39, 0.29) is 59.5 Å². The highest BCUT2D eigenvalue weighted by molar-refractivity contribution is 14.0. The van der Waals surface area contributed by atoms with E-state index >= 15 is 0 Å². The fourth-order valence-corrected chi connectivity index (χ4v) is 4.99.